The van der Waals surface area contributed by atoms with Crippen LogP contribution in [0.15, 0.2) is 23.8 Å². The third-order valence-electron chi connectivity index (χ3n) is 4.83. The van der Waals surface area contributed by atoms with Crippen LogP contribution in [0.4, 0.5) is 5.82 Å². The molecule has 0 unspecified atom stereocenters. The van der Waals surface area contributed by atoms with Crippen LogP contribution in [-0.2, 0) is 17.8 Å². The number of fused-ring (bicyclic) bond motifs is 3. The van der Waals surface area contributed by atoms with Crippen molar-refractivity contribution in [3.8, 4) is 0 Å². The maximum Gasteiger partial charge on any atom is 0.331 e. The smallest absolute Gasteiger partial charge is 0.331 e. The number of unbranched alkanes of at least 4 members (excludes halogenated alkanes) is 1. The molecule has 0 amide bonds. The number of aliphatic carboxylic acids is 1. The van der Waals surface area contributed by atoms with E-state index in [9.17, 15) is 4.79 Å². The summed E-state index contributed by atoms with van der Waals surface area (Å²) in [5.74, 6) is 1.01. The van der Waals surface area contributed by atoms with Crippen LogP contribution in [0.1, 0.15) is 51.9 Å². The van der Waals surface area contributed by atoms with E-state index < -0.39 is 5.97 Å². The Hall–Kier alpha value is -2.89. The van der Waals surface area contributed by atoms with E-state index in [4.69, 9.17) is 15.8 Å². The summed E-state index contributed by atoms with van der Waals surface area (Å²) in [6.07, 6.45) is 4.74. The Morgan fingerprint density at radius 2 is 2.07 bits per heavy atom. The molecule has 2 aromatic heterocycles. The molecular formula is C22H28N4O2. The molecule has 0 spiro atoms. The van der Waals surface area contributed by atoms with Gasteiger partial charge in [-0.3, -0.25) is 0 Å². The molecule has 0 saturated carbocycles. The molecule has 0 saturated heterocycles. The molecule has 148 valence electrons. The van der Waals surface area contributed by atoms with Crippen LogP contribution in [-0.4, -0.2) is 25.6 Å². The number of hydrogen-bond donors (Lipinski definition) is 2. The van der Waals surface area contributed by atoms with Gasteiger partial charge in [0.15, 0.2) is 5.82 Å². The van der Waals surface area contributed by atoms with Crippen LogP contribution < -0.4 is 5.73 Å². The molecule has 2 heterocycles. The van der Waals surface area contributed by atoms with Crippen LogP contribution in [0.5, 0.6) is 0 Å². The minimum absolute atomic E-state index is 0.278. The van der Waals surface area contributed by atoms with Crippen molar-refractivity contribution >= 4 is 39.8 Å². The number of carbonyl (C=O) groups is 1. The van der Waals surface area contributed by atoms with Crippen molar-refractivity contribution in [1.29, 1.82) is 0 Å². The number of nitrogens with zero attached hydrogens (tertiary/aromatic N) is 3. The van der Waals surface area contributed by atoms with E-state index in [0.717, 1.165) is 59.1 Å². The van der Waals surface area contributed by atoms with Gasteiger partial charge in [-0.05, 0) is 37.0 Å². The molecule has 28 heavy (non-hydrogen) atoms. The van der Waals surface area contributed by atoms with Gasteiger partial charge >= 0.3 is 5.97 Å². The van der Waals surface area contributed by atoms with Crippen molar-refractivity contribution in [2.75, 3.05) is 5.73 Å². The van der Waals surface area contributed by atoms with E-state index in [-0.39, 0.29) is 5.57 Å². The first kappa shape index (κ1) is 19.9. The fraction of sp³-hybridized carbons (Fsp3) is 0.409. The molecule has 3 rings (SSSR count). The lowest BCUT2D eigenvalue weighted by atomic mass is 10.1. The van der Waals surface area contributed by atoms with Crippen LogP contribution >= 0.6 is 0 Å². The Bertz CT molecular complexity index is 1060. The van der Waals surface area contributed by atoms with Crippen molar-refractivity contribution in [3.63, 3.8) is 0 Å². The second kappa shape index (κ2) is 8.00. The molecule has 0 radical (unpaired) electrons. The zero-order chi connectivity index (χ0) is 20.4. The number of pyridine rings is 1. The maximum atomic E-state index is 11.1. The number of rotatable bonds is 7. The van der Waals surface area contributed by atoms with Gasteiger partial charge in [-0.2, -0.15) is 0 Å². The predicted octanol–water partition coefficient (Wildman–Crippen LogP) is 4.65. The molecule has 3 N–H and O–H groups in total. The van der Waals surface area contributed by atoms with Gasteiger partial charge in [-0.25, -0.2) is 14.8 Å². The average Bonchev–Trinajstić information content (AvgIpc) is 2.98. The highest BCUT2D eigenvalue weighted by Crippen LogP contribution is 2.31. The summed E-state index contributed by atoms with van der Waals surface area (Å²) >= 11 is 0. The third kappa shape index (κ3) is 3.86. The first-order valence-corrected chi connectivity index (χ1v) is 9.81. The molecule has 1 aromatic carbocycles. The van der Waals surface area contributed by atoms with E-state index in [1.165, 1.54) is 0 Å². The minimum Gasteiger partial charge on any atom is -0.478 e. The van der Waals surface area contributed by atoms with Gasteiger partial charge in [0.25, 0.3) is 0 Å². The van der Waals surface area contributed by atoms with Crippen molar-refractivity contribution in [1.82, 2.24) is 14.5 Å². The van der Waals surface area contributed by atoms with Gasteiger partial charge in [0.2, 0.25) is 0 Å². The number of anilines is 1. The standard InChI is InChI=1S/C22H28N4O2/c1-5-6-7-18-25-19-20(26(18)12-13(2)3)16-9-8-15(10-14(4)22(27)28)11-17(16)24-21(19)23/h8-11,13H,5-7,12H2,1-4H3,(H2,23,24)(H,27,28). The van der Waals surface area contributed by atoms with Crippen molar-refractivity contribution < 1.29 is 9.90 Å². The van der Waals surface area contributed by atoms with Crippen LogP contribution in [0, 0.1) is 5.92 Å². The average molecular weight is 380 g/mol. The monoisotopic (exact) mass is 380 g/mol. The molecule has 6 heteroatoms. The number of aromatic nitrogens is 3. The van der Waals surface area contributed by atoms with Crippen LogP contribution in [0.2, 0.25) is 0 Å². The lowest BCUT2D eigenvalue weighted by Crippen LogP contribution is -2.09. The highest BCUT2D eigenvalue weighted by atomic mass is 16.4. The van der Waals surface area contributed by atoms with E-state index in [0.29, 0.717) is 11.7 Å². The predicted molar refractivity (Wildman–Crippen MR) is 114 cm³/mol. The normalized spacial score (nSPS) is 12.4. The Morgan fingerprint density at radius 3 is 2.71 bits per heavy atom. The molecule has 3 aromatic rings. The zero-order valence-corrected chi connectivity index (χ0v) is 17.0. The third-order valence-corrected chi connectivity index (χ3v) is 4.83. The number of benzene rings is 1. The summed E-state index contributed by atoms with van der Waals surface area (Å²) in [5, 5.41) is 10.1. The highest BCUT2D eigenvalue weighted by molar-refractivity contribution is 6.07. The fourth-order valence-electron chi connectivity index (χ4n) is 3.46. The molecular weight excluding hydrogens is 352 g/mol. The molecule has 0 atom stereocenters. The van der Waals surface area contributed by atoms with E-state index in [1.807, 2.05) is 18.2 Å². The number of nitrogens with two attached hydrogens (primary N) is 1. The topological polar surface area (TPSA) is 94.0 Å². The molecule has 6 nitrogen and oxygen atoms in total. The summed E-state index contributed by atoms with van der Waals surface area (Å²) in [4.78, 5) is 20.5. The second-order valence-corrected chi connectivity index (χ2v) is 7.74. The number of nitrogen functional groups attached to an aromatic ring is 1. The summed E-state index contributed by atoms with van der Waals surface area (Å²) in [6, 6.07) is 5.80. The van der Waals surface area contributed by atoms with Crippen LogP contribution in [0.3, 0.4) is 0 Å². The van der Waals surface area contributed by atoms with Crippen molar-refractivity contribution in [3.05, 3.63) is 35.2 Å². The lowest BCUT2D eigenvalue weighted by molar-refractivity contribution is -0.132. The number of hydrogen-bond acceptors (Lipinski definition) is 4. The van der Waals surface area contributed by atoms with Gasteiger partial charge in [0.05, 0.1) is 11.0 Å². The van der Waals surface area contributed by atoms with E-state index in [2.05, 4.69) is 30.3 Å². The number of aryl methyl sites for hydroxylation is 1. The summed E-state index contributed by atoms with van der Waals surface area (Å²) in [5.41, 5.74) is 9.87. The van der Waals surface area contributed by atoms with Crippen LogP contribution in [0.25, 0.3) is 28.0 Å². The highest BCUT2D eigenvalue weighted by Gasteiger charge is 2.18. The Morgan fingerprint density at radius 1 is 1.32 bits per heavy atom. The van der Waals surface area contributed by atoms with Gasteiger partial charge < -0.3 is 15.4 Å². The number of imidazole rings is 1. The van der Waals surface area contributed by atoms with Crippen molar-refractivity contribution in [2.24, 2.45) is 5.92 Å². The fourth-order valence-corrected chi connectivity index (χ4v) is 3.46. The summed E-state index contributed by atoms with van der Waals surface area (Å²) in [7, 11) is 0. The molecule has 0 fully saturated rings. The summed E-state index contributed by atoms with van der Waals surface area (Å²) in [6.45, 7) is 9.01. The number of carboxylic acids is 1. The lowest BCUT2D eigenvalue weighted by Gasteiger charge is -2.13. The molecule has 0 bridgehead atoms. The zero-order valence-electron chi connectivity index (χ0n) is 17.0. The van der Waals surface area contributed by atoms with Gasteiger partial charge in [0, 0.05) is 23.9 Å². The first-order valence-electron chi connectivity index (χ1n) is 9.81. The molecule has 0 aliphatic heterocycles. The SMILES string of the molecule is CCCCc1nc2c(N)nc3cc(C=C(C)C(=O)O)ccc3c2n1CC(C)C. The first-order chi connectivity index (χ1) is 13.3. The summed E-state index contributed by atoms with van der Waals surface area (Å²) < 4.78 is 2.29. The molecule has 0 aliphatic carbocycles. The van der Waals surface area contributed by atoms with E-state index in [1.54, 1.807) is 13.0 Å². The quantitative estimate of drug-likeness (QED) is 0.582. The Kier molecular flexibility index (Phi) is 5.68. The number of carboxylic acid groups (broad SMARTS) is 1. The second-order valence-electron chi connectivity index (χ2n) is 7.74. The Balaban J connectivity index is 2.25. The molecule has 0 aliphatic rings. The van der Waals surface area contributed by atoms with Crippen molar-refractivity contribution in [2.45, 2.75) is 53.5 Å². The van der Waals surface area contributed by atoms with Gasteiger partial charge in [-0.1, -0.05) is 39.3 Å². The minimum atomic E-state index is -0.932. The maximum absolute atomic E-state index is 11.1. The van der Waals surface area contributed by atoms with E-state index >= 15 is 0 Å². The largest absolute Gasteiger partial charge is 0.478 e. The Labute approximate surface area is 165 Å². The van der Waals surface area contributed by atoms with Gasteiger partial charge in [-0.15, -0.1) is 0 Å². The van der Waals surface area contributed by atoms with Gasteiger partial charge in [0.1, 0.15) is 11.3 Å².